The van der Waals surface area contributed by atoms with Crippen LogP contribution in [0.3, 0.4) is 0 Å². The molecule has 148 valence electrons. The molecular formula is C26H21NO3. The van der Waals surface area contributed by atoms with Crippen LogP contribution < -0.4 is 5.32 Å². The minimum atomic E-state index is -0.507. The summed E-state index contributed by atoms with van der Waals surface area (Å²) in [6.07, 6.45) is -0.507. The zero-order chi connectivity index (χ0) is 20.7. The lowest BCUT2D eigenvalue weighted by Gasteiger charge is -2.16. The van der Waals surface area contributed by atoms with Gasteiger partial charge in [0.1, 0.15) is 12.4 Å². The molecule has 1 aliphatic rings. The third-order valence-corrected chi connectivity index (χ3v) is 5.79. The van der Waals surface area contributed by atoms with Gasteiger partial charge in [0, 0.05) is 16.7 Å². The van der Waals surface area contributed by atoms with Crippen molar-refractivity contribution in [1.29, 1.82) is 0 Å². The van der Waals surface area contributed by atoms with Crippen molar-refractivity contribution >= 4 is 22.6 Å². The first-order valence-electron chi connectivity index (χ1n) is 9.97. The summed E-state index contributed by atoms with van der Waals surface area (Å²) in [5.41, 5.74) is 6.07. The van der Waals surface area contributed by atoms with Crippen molar-refractivity contribution in [3.05, 3.63) is 95.6 Å². The highest BCUT2D eigenvalue weighted by Gasteiger charge is 2.29. The molecule has 5 rings (SSSR count). The van der Waals surface area contributed by atoms with Gasteiger partial charge in [-0.3, -0.25) is 5.32 Å². The highest BCUT2D eigenvalue weighted by molar-refractivity contribution is 6.03. The van der Waals surface area contributed by atoms with E-state index in [0.717, 1.165) is 5.39 Å². The molecule has 0 aliphatic heterocycles. The van der Waals surface area contributed by atoms with E-state index < -0.39 is 6.09 Å². The van der Waals surface area contributed by atoms with Gasteiger partial charge in [0.25, 0.3) is 0 Å². The average Bonchev–Trinajstić information content (AvgIpc) is 3.10. The standard InChI is InChI=1S/C26H21NO3/c1-16-14-24(21-12-6-7-13-22(21)25(16)28)27-26(29)30-15-23-19-10-4-2-8-17(19)18-9-3-5-11-20(18)23/h2-14,23,28H,15H2,1H3,(H,27,29). The zero-order valence-corrected chi connectivity index (χ0v) is 16.6. The van der Waals surface area contributed by atoms with E-state index in [-0.39, 0.29) is 18.3 Å². The molecule has 4 aromatic carbocycles. The Bertz CT molecular complexity index is 1230. The van der Waals surface area contributed by atoms with E-state index in [4.69, 9.17) is 4.74 Å². The second kappa shape index (κ2) is 7.23. The van der Waals surface area contributed by atoms with Gasteiger partial charge in [-0.2, -0.15) is 0 Å². The van der Waals surface area contributed by atoms with Gasteiger partial charge >= 0.3 is 6.09 Å². The molecule has 0 fully saturated rings. The lowest BCUT2D eigenvalue weighted by atomic mass is 9.98. The summed E-state index contributed by atoms with van der Waals surface area (Å²) < 4.78 is 5.65. The van der Waals surface area contributed by atoms with Crippen LogP contribution in [0.1, 0.15) is 22.6 Å². The molecule has 1 amide bonds. The SMILES string of the molecule is Cc1cc(NC(=O)OCC2c3ccccc3-c3ccccc32)c2ccccc2c1O. The molecule has 0 bridgehead atoms. The Labute approximate surface area is 174 Å². The fourth-order valence-electron chi connectivity index (χ4n) is 4.35. The van der Waals surface area contributed by atoms with E-state index in [9.17, 15) is 9.90 Å². The predicted octanol–water partition coefficient (Wildman–Crippen LogP) is 6.21. The first kappa shape index (κ1) is 18.3. The molecule has 0 aromatic heterocycles. The number of nitrogens with one attached hydrogen (secondary N) is 1. The Kier molecular flexibility index (Phi) is 4.40. The molecule has 0 unspecified atom stereocenters. The highest BCUT2D eigenvalue weighted by Crippen LogP contribution is 2.44. The maximum Gasteiger partial charge on any atom is 0.411 e. The van der Waals surface area contributed by atoms with Crippen molar-refractivity contribution in [2.45, 2.75) is 12.8 Å². The number of hydrogen-bond acceptors (Lipinski definition) is 3. The molecular weight excluding hydrogens is 374 g/mol. The molecule has 4 heteroatoms. The van der Waals surface area contributed by atoms with E-state index in [1.165, 1.54) is 22.3 Å². The van der Waals surface area contributed by atoms with Crippen molar-refractivity contribution in [2.24, 2.45) is 0 Å². The molecule has 4 aromatic rings. The number of hydrogen-bond donors (Lipinski definition) is 2. The van der Waals surface area contributed by atoms with Crippen LogP contribution >= 0.6 is 0 Å². The molecule has 30 heavy (non-hydrogen) atoms. The number of carbonyl (C=O) groups excluding carboxylic acids is 1. The molecule has 0 radical (unpaired) electrons. The Hall–Kier alpha value is -3.79. The number of carbonyl (C=O) groups is 1. The largest absolute Gasteiger partial charge is 0.507 e. The Morgan fingerprint density at radius 3 is 2.13 bits per heavy atom. The third kappa shape index (κ3) is 2.98. The van der Waals surface area contributed by atoms with Crippen molar-refractivity contribution in [1.82, 2.24) is 0 Å². The van der Waals surface area contributed by atoms with Crippen molar-refractivity contribution in [3.8, 4) is 16.9 Å². The summed E-state index contributed by atoms with van der Waals surface area (Å²) in [5, 5.41) is 14.6. The lowest BCUT2D eigenvalue weighted by molar-refractivity contribution is 0.158. The van der Waals surface area contributed by atoms with Gasteiger partial charge in [0.15, 0.2) is 0 Å². The number of aryl methyl sites for hydroxylation is 1. The van der Waals surface area contributed by atoms with Gasteiger partial charge in [0.2, 0.25) is 0 Å². The predicted molar refractivity (Wildman–Crippen MR) is 119 cm³/mol. The van der Waals surface area contributed by atoms with Gasteiger partial charge < -0.3 is 9.84 Å². The van der Waals surface area contributed by atoms with Crippen LogP contribution in [0, 0.1) is 6.92 Å². The molecule has 2 N–H and O–H groups in total. The molecule has 1 aliphatic carbocycles. The van der Waals surface area contributed by atoms with E-state index in [1.807, 2.05) is 55.5 Å². The number of anilines is 1. The number of rotatable bonds is 3. The molecule has 0 saturated carbocycles. The van der Waals surface area contributed by atoms with Crippen molar-refractivity contribution < 1.29 is 14.6 Å². The summed E-state index contributed by atoms with van der Waals surface area (Å²) >= 11 is 0. The minimum Gasteiger partial charge on any atom is -0.507 e. The van der Waals surface area contributed by atoms with Crippen LogP contribution in [0.25, 0.3) is 21.9 Å². The van der Waals surface area contributed by atoms with E-state index in [1.54, 1.807) is 6.07 Å². The van der Waals surface area contributed by atoms with Gasteiger partial charge in [-0.1, -0.05) is 72.8 Å². The number of aromatic hydroxyl groups is 1. The summed E-state index contributed by atoms with van der Waals surface area (Å²) in [6, 6.07) is 25.7. The number of amides is 1. The molecule has 0 saturated heterocycles. The van der Waals surface area contributed by atoms with Crippen molar-refractivity contribution in [2.75, 3.05) is 11.9 Å². The smallest absolute Gasteiger partial charge is 0.411 e. The number of phenolic OH excluding ortho intramolecular Hbond substituents is 1. The lowest BCUT2D eigenvalue weighted by Crippen LogP contribution is -2.18. The highest BCUT2D eigenvalue weighted by atomic mass is 16.5. The number of fused-ring (bicyclic) bond motifs is 4. The molecule has 4 nitrogen and oxygen atoms in total. The van der Waals surface area contributed by atoms with Gasteiger partial charge in [-0.25, -0.2) is 4.79 Å². The second-order valence-corrected chi connectivity index (χ2v) is 7.59. The maximum atomic E-state index is 12.6. The van der Waals surface area contributed by atoms with Crippen LogP contribution in [0.5, 0.6) is 5.75 Å². The molecule has 0 atom stereocenters. The van der Waals surface area contributed by atoms with E-state index in [0.29, 0.717) is 16.6 Å². The first-order valence-corrected chi connectivity index (χ1v) is 9.97. The maximum absolute atomic E-state index is 12.6. The van der Waals surface area contributed by atoms with Crippen LogP contribution in [0.2, 0.25) is 0 Å². The normalized spacial score (nSPS) is 12.4. The first-order chi connectivity index (χ1) is 14.6. The monoisotopic (exact) mass is 395 g/mol. The van der Waals surface area contributed by atoms with E-state index >= 15 is 0 Å². The van der Waals surface area contributed by atoms with Crippen LogP contribution in [-0.4, -0.2) is 17.8 Å². The molecule has 0 heterocycles. The van der Waals surface area contributed by atoms with Gasteiger partial charge in [-0.15, -0.1) is 0 Å². The minimum absolute atomic E-state index is 0.0152. The fourth-order valence-corrected chi connectivity index (χ4v) is 4.35. The molecule has 0 spiro atoms. The van der Waals surface area contributed by atoms with Crippen LogP contribution in [0.4, 0.5) is 10.5 Å². The van der Waals surface area contributed by atoms with Gasteiger partial charge in [0.05, 0.1) is 5.69 Å². The number of ether oxygens (including phenoxy) is 1. The number of benzene rings is 4. The average molecular weight is 395 g/mol. The quantitative estimate of drug-likeness (QED) is 0.405. The summed E-state index contributed by atoms with van der Waals surface area (Å²) in [7, 11) is 0. The Morgan fingerprint density at radius 2 is 1.47 bits per heavy atom. The topological polar surface area (TPSA) is 58.6 Å². The van der Waals surface area contributed by atoms with Crippen LogP contribution in [0.15, 0.2) is 78.9 Å². The summed E-state index contributed by atoms with van der Waals surface area (Å²) in [5.74, 6) is 0.241. The van der Waals surface area contributed by atoms with Crippen LogP contribution in [-0.2, 0) is 4.74 Å². The van der Waals surface area contributed by atoms with Gasteiger partial charge in [-0.05, 0) is 40.8 Å². The Balaban J connectivity index is 1.38. The van der Waals surface area contributed by atoms with E-state index in [2.05, 4.69) is 29.6 Å². The fraction of sp³-hybridized carbons (Fsp3) is 0.115. The second-order valence-electron chi connectivity index (χ2n) is 7.59. The van der Waals surface area contributed by atoms with Crippen molar-refractivity contribution in [3.63, 3.8) is 0 Å². The zero-order valence-electron chi connectivity index (χ0n) is 16.6. The number of phenols is 1. The summed E-state index contributed by atoms with van der Waals surface area (Å²) in [6.45, 7) is 2.07. The third-order valence-electron chi connectivity index (χ3n) is 5.79. The summed E-state index contributed by atoms with van der Waals surface area (Å²) in [4.78, 5) is 12.6. The Morgan fingerprint density at radius 1 is 0.900 bits per heavy atom.